The molecule has 0 radical (unpaired) electrons. The molecule has 6 nitrogen and oxygen atoms in total. The molecule has 1 aromatic carbocycles. The smallest absolute Gasteiger partial charge is 0.407 e. The van der Waals surface area contributed by atoms with Crippen LogP contribution in [0.2, 0.25) is 5.02 Å². The van der Waals surface area contributed by atoms with Crippen LogP contribution < -0.4 is 16.4 Å². The lowest BCUT2D eigenvalue weighted by Crippen LogP contribution is -2.41. The maximum absolute atomic E-state index is 11.9. The van der Waals surface area contributed by atoms with Crippen molar-refractivity contribution in [2.24, 2.45) is 5.73 Å². The number of carbonyl (C=O) groups excluding carboxylic acids is 2. The van der Waals surface area contributed by atoms with E-state index in [1.807, 2.05) is 12.1 Å². The summed E-state index contributed by atoms with van der Waals surface area (Å²) in [7, 11) is 0. The van der Waals surface area contributed by atoms with Gasteiger partial charge in [-0.1, -0.05) is 23.7 Å². The zero-order chi connectivity index (χ0) is 18.2. The SMILES string of the molecule is CC(C)(C)OC(=O)NCCC[C@H](N)C(=O)NCc1cccc(Cl)c1. The highest BCUT2D eigenvalue weighted by molar-refractivity contribution is 6.30. The van der Waals surface area contributed by atoms with E-state index in [1.54, 1.807) is 32.9 Å². The number of nitrogens with one attached hydrogen (secondary N) is 2. The number of amides is 2. The average Bonchev–Trinajstić information content (AvgIpc) is 2.47. The van der Waals surface area contributed by atoms with Crippen LogP contribution in [-0.4, -0.2) is 30.2 Å². The first-order chi connectivity index (χ1) is 11.2. The van der Waals surface area contributed by atoms with Crippen molar-refractivity contribution in [3.05, 3.63) is 34.9 Å². The molecule has 24 heavy (non-hydrogen) atoms. The van der Waals surface area contributed by atoms with Crippen molar-refractivity contribution in [3.8, 4) is 0 Å². The Morgan fingerprint density at radius 3 is 2.62 bits per heavy atom. The summed E-state index contributed by atoms with van der Waals surface area (Å²) in [5.74, 6) is -0.229. The Hall–Kier alpha value is -1.79. The number of rotatable bonds is 7. The van der Waals surface area contributed by atoms with Crippen LogP contribution >= 0.6 is 11.6 Å². The van der Waals surface area contributed by atoms with Gasteiger partial charge in [-0.3, -0.25) is 4.79 Å². The molecule has 134 valence electrons. The van der Waals surface area contributed by atoms with E-state index in [1.165, 1.54) is 0 Å². The van der Waals surface area contributed by atoms with Crippen molar-refractivity contribution in [2.45, 2.75) is 51.8 Å². The van der Waals surface area contributed by atoms with Gasteiger partial charge < -0.3 is 21.1 Å². The second kappa shape index (κ2) is 9.49. The number of hydrogen-bond donors (Lipinski definition) is 3. The minimum Gasteiger partial charge on any atom is -0.444 e. The van der Waals surface area contributed by atoms with E-state index in [0.717, 1.165) is 5.56 Å². The molecule has 0 saturated carbocycles. The van der Waals surface area contributed by atoms with Crippen LogP contribution in [0.4, 0.5) is 4.79 Å². The third kappa shape index (κ3) is 8.74. The zero-order valence-corrected chi connectivity index (χ0v) is 15.2. The van der Waals surface area contributed by atoms with Gasteiger partial charge in [0.25, 0.3) is 0 Å². The molecule has 0 aliphatic rings. The Kier molecular flexibility index (Phi) is 8.01. The fourth-order valence-corrected chi connectivity index (χ4v) is 2.14. The normalized spacial score (nSPS) is 12.4. The average molecular weight is 356 g/mol. The zero-order valence-electron chi connectivity index (χ0n) is 14.4. The van der Waals surface area contributed by atoms with Crippen molar-refractivity contribution in [1.82, 2.24) is 10.6 Å². The van der Waals surface area contributed by atoms with Gasteiger partial charge in [0.2, 0.25) is 5.91 Å². The number of carbonyl (C=O) groups is 2. The van der Waals surface area contributed by atoms with Crippen LogP contribution in [0.5, 0.6) is 0 Å². The number of hydrogen-bond acceptors (Lipinski definition) is 4. The first-order valence-electron chi connectivity index (χ1n) is 7.92. The van der Waals surface area contributed by atoms with Gasteiger partial charge in [-0.25, -0.2) is 4.79 Å². The van der Waals surface area contributed by atoms with E-state index in [0.29, 0.717) is 31.0 Å². The Morgan fingerprint density at radius 2 is 2.00 bits per heavy atom. The molecule has 7 heteroatoms. The summed E-state index contributed by atoms with van der Waals surface area (Å²) in [6.45, 7) is 6.18. The maximum Gasteiger partial charge on any atom is 0.407 e. The van der Waals surface area contributed by atoms with Gasteiger partial charge in [-0.2, -0.15) is 0 Å². The standard InChI is InChI=1S/C17H26ClN3O3/c1-17(2,3)24-16(23)20-9-5-8-14(19)15(22)21-11-12-6-4-7-13(18)10-12/h4,6-7,10,14H,5,8-9,11,19H2,1-3H3,(H,20,23)(H,21,22)/t14-/m0/s1. The summed E-state index contributed by atoms with van der Waals surface area (Å²) in [4.78, 5) is 23.4. The molecule has 0 bridgehead atoms. The van der Waals surface area contributed by atoms with Crippen LogP contribution in [0.1, 0.15) is 39.2 Å². The van der Waals surface area contributed by atoms with Crippen LogP contribution in [-0.2, 0) is 16.1 Å². The first-order valence-corrected chi connectivity index (χ1v) is 8.30. The number of alkyl carbamates (subject to hydrolysis) is 1. The van der Waals surface area contributed by atoms with E-state index in [2.05, 4.69) is 10.6 Å². The summed E-state index contributed by atoms with van der Waals surface area (Å²) in [5.41, 5.74) is 6.23. The van der Waals surface area contributed by atoms with Gasteiger partial charge in [0.1, 0.15) is 5.60 Å². The molecule has 0 fully saturated rings. The lowest BCUT2D eigenvalue weighted by Gasteiger charge is -2.19. The van der Waals surface area contributed by atoms with Crippen molar-refractivity contribution in [1.29, 1.82) is 0 Å². The van der Waals surface area contributed by atoms with Gasteiger partial charge in [0.15, 0.2) is 0 Å². The van der Waals surface area contributed by atoms with Gasteiger partial charge in [-0.05, 0) is 51.3 Å². The number of ether oxygens (including phenoxy) is 1. The molecule has 1 rings (SSSR count). The van der Waals surface area contributed by atoms with Gasteiger partial charge in [0, 0.05) is 18.1 Å². The Morgan fingerprint density at radius 1 is 1.29 bits per heavy atom. The molecule has 4 N–H and O–H groups in total. The van der Waals surface area contributed by atoms with Crippen molar-refractivity contribution in [3.63, 3.8) is 0 Å². The fraction of sp³-hybridized carbons (Fsp3) is 0.529. The predicted octanol–water partition coefficient (Wildman–Crippen LogP) is 2.59. The van der Waals surface area contributed by atoms with Gasteiger partial charge in [0.05, 0.1) is 6.04 Å². The van der Waals surface area contributed by atoms with Gasteiger partial charge >= 0.3 is 6.09 Å². The number of halogens is 1. The molecular formula is C17H26ClN3O3. The monoisotopic (exact) mass is 355 g/mol. The minimum atomic E-state index is -0.621. The molecule has 0 aromatic heterocycles. The Bertz CT molecular complexity index is 558. The first kappa shape index (κ1) is 20.3. The molecule has 0 saturated heterocycles. The van der Waals surface area contributed by atoms with E-state index >= 15 is 0 Å². The second-order valence-corrected chi connectivity index (χ2v) is 6.96. The quantitative estimate of drug-likeness (QED) is 0.655. The summed E-state index contributed by atoms with van der Waals surface area (Å²) in [5, 5.41) is 6.03. The van der Waals surface area contributed by atoms with Crippen LogP contribution in [0, 0.1) is 0 Å². The highest BCUT2D eigenvalue weighted by atomic mass is 35.5. The summed E-state index contributed by atoms with van der Waals surface area (Å²) >= 11 is 5.89. The molecule has 1 atom stereocenters. The number of benzene rings is 1. The van der Waals surface area contributed by atoms with Crippen LogP contribution in [0.3, 0.4) is 0 Å². The second-order valence-electron chi connectivity index (χ2n) is 6.53. The van der Waals surface area contributed by atoms with E-state index < -0.39 is 17.7 Å². The third-order valence-electron chi connectivity index (χ3n) is 3.05. The minimum absolute atomic E-state index is 0.229. The Balaban J connectivity index is 2.21. The summed E-state index contributed by atoms with van der Waals surface area (Å²) in [6, 6.07) is 6.65. The molecule has 0 aliphatic carbocycles. The summed E-state index contributed by atoms with van der Waals surface area (Å²) in [6.07, 6.45) is 0.587. The van der Waals surface area contributed by atoms with Crippen molar-refractivity contribution in [2.75, 3.05) is 6.54 Å². The third-order valence-corrected chi connectivity index (χ3v) is 3.29. The molecular weight excluding hydrogens is 330 g/mol. The highest BCUT2D eigenvalue weighted by Gasteiger charge is 2.16. The molecule has 0 unspecified atom stereocenters. The van der Waals surface area contributed by atoms with Crippen LogP contribution in [0.25, 0.3) is 0 Å². The van der Waals surface area contributed by atoms with Crippen molar-refractivity contribution < 1.29 is 14.3 Å². The molecule has 0 aliphatic heterocycles. The molecule has 2 amide bonds. The van der Waals surface area contributed by atoms with E-state index in [4.69, 9.17) is 22.1 Å². The summed E-state index contributed by atoms with van der Waals surface area (Å²) < 4.78 is 5.12. The Labute approximate surface area is 148 Å². The predicted molar refractivity (Wildman–Crippen MR) is 94.7 cm³/mol. The molecule has 0 spiro atoms. The lowest BCUT2D eigenvalue weighted by atomic mass is 10.1. The highest BCUT2D eigenvalue weighted by Crippen LogP contribution is 2.10. The molecule has 1 aromatic rings. The fourth-order valence-electron chi connectivity index (χ4n) is 1.92. The largest absolute Gasteiger partial charge is 0.444 e. The molecule has 0 heterocycles. The van der Waals surface area contributed by atoms with E-state index in [9.17, 15) is 9.59 Å². The van der Waals surface area contributed by atoms with E-state index in [-0.39, 0.29) is 5.91 Å². The topological polar surface area (TPSA) is 93.4 Å². The van der Waals surface area contributed by atoms with Crippen molar-refractivity contribution >= 4 is 23.6 Å². The van der Waals surface area contributed by atoms with Crippen LogP contribution in [0.15, 0.2) is 24.3 Å². The number of nitrogens with two attached hydrogens (primary N) is 1. The van der Waals surface area contributed by atoms with Gasteiger partial charge in [-0.15, -0.1) is 0 Å². The maximum atomic E-state index is 11.9. The lowest BCUT2D eigenvalue weighted by molar-refractivity contribution is -0.122.